The third-order valence-electron chi connectivity index (χ3n) is 6.30. The highest BCUT2D eigenvalue weighted by molar-refractivity contribution is 9.11. The summed E-state index contributed by atoms with van der Waals surface area (Å²) in [5.74, 6) is 1.35. The Kier molecular flexibility index (Phi) is 7.80. The monoisotopic (exact) mass is 670 g/mol. The maximum Gasteiger partial charge on any atom is 0.338 e. The number of methoxy groups -OCH3 is 1. The van der Waals surface area contributed by atoms with Crippen molar-refractivity contribution < 1.29 is 18.7 Å². The summed E-state index contributed by atoms with van der Waals surface area (Å²) in [5.41, 5.74) is 3.31. The number of aromatic nitrogens is 1. The van der Waals surface area contributed by atoms with E-state index in [-0.39, 0.29) is 12.2 Å². The van der Waals surface area contributed by atoms with E-state index in [2.05, 4.69) is 36.9 Å². The maximum absolute atomic E-state index is 13.8. The highest BCUT2D eigenvalue weighted by atomic mass is 79.9. The Hall–Kier alpha value is -3.21. The Morgan fingerprint density at radius 3 is 2.62 bits per heavy atom. The molecular weight excluding hydrogens is 648 g/mol. The van der Waals surface area contributed by atoms with Crippen molar-refractivity contribution in [2.45, 2.75) is 26.8 Å². The Bertz CT molecular complexity index is 1820. The summed E-state index contributed by atoms with van der Waals surface area (Å²) in [5, 5.41) is 0. The molecule has 5 rings (SSSR count). The molecule has 1 aliphatic heterocycles. The van der Waals surface area contributed by atoms with Crippen LogP contribution in [-0.4, -0.2) is 24.3 Å². The number of carbonyl (C=O) groups excluding carboxylic acids is 1. The van der Waals surface area contributed by atoms with Gasteiger partial charge in [0.15, 0.2) is 4.80 Å². The van der Waals surface area contributed by atoms with Crippen LogP contribution in [0.15, 0.2) is 83.0 Å². The van der Waals surface area contributed by atoms with E-state index in [1.807, 2.05) is 49.4 Å². The average Bonchev–Trinajstić information content (AvgIpc) is 3.47. The summed E-state index contributed by atoms with van der Waals surface area (Å²) >= 11 is 8.37. The van der Waals surface area contributed by atoms with Crippen LogP contribution in [0.4, 0.5) is 0 Å². The van der Waals surface area contributed by atoms with Crippen LogP contribution in [0.3, 0.4) is 0 Å². The topological polar surface area (TPSA) is 83.0 Å². The molecule has 0 spiro atoms. The first-order valence-corrected chi connectivity index (χ1v) is 14.5. The van der Waals surface area contributed by atoms with Crippen molar-refractivity contribution in [3.05, 3.63) is 105 Å². The van der Waals surface area contributed by atoms with E-state index in [9.17, 15) is 9.59 Å². The largest absolute Gasteiger partial charge is 0.496 e. The first-order chi connectivity index (χ1) is 18.7. The smallest absolute Gasteiger partial charge is 0.338 e. The molecule has 0 aliphatic carbocycles. The fourth-order valence-electron chi connectivity index (χ4n) is 4.48. The lowest BCUT2D eigenvalue weighted by atomic mass is 9.96. The number of ether oxygens (including phenoxy) is 2. The van der Waals surface area contributed by atoms with Gasteiger partial charge in [-0.25, -0.2) is 9.79 Å². The van der Waals surface area contributed by atoms with Crippen molar-refractivity contribution in [1.29, 1.82) is 0 Å². The summed E-state index contributed by atoms with van der Waals surface area (Å²) in [6.45, 7) is 5.73. The minimum Gasteiger partial charge on any atom is -0.496 e. The van der Waals surface area contributed by atoms with E-state index in [0.29, 0.717) is 42.3 Å². The Labute approximate surface area is 245 Å². The van der Waals surface area contributed by atoms with Crippen LogP contribution >= 0.6 is 43.2 Å². The van der Waals surface area contributed by atoms with Gasteiger partial charge < -0.3 is 13.9 Å². The van der Waals surface area contributed by atoms with Gasteiger partial charge in [-0.2, -0.15) is 0 Å². The zero-order valence-electron chi connectivity index (χ0n) is 21.6. The number of esters is 1. The number of thiazole rings is 1. The maximum atomic E-state index is 13.8. The molecule has 1 atom stereocenters. The Morgan fingerprint density at radius 2 is 1.92 bits per heavy atom. The number of hydrogen-bond acceptors (Lipinski definition) is 7. The Morgan fingerprint density at radius 1 is 1.13 bits per heavy atom. The fourth-order valence-corrected chi connectivity index (χ4v) is 6.76. The minimum absolute atomic E-state index is 0.205. The molecular formula is C29H24Br2N2O5S. The summed E-state index contributed by atoms with van der Waals surface area (Å²) in [4.78, 5) is 32.0. The molecule has 0 fully saturated rings. The van der Waals surface area contributed by atoms with Gasteiger partial charge in [-0.05, 0) is 84.2 Å². The van der Waals surface area contributed by atoms with E-state index < -0.39 is 12.0 Å². The van der Waals surface area contributed by atoms with Gasteiger partial charge in [-0.15, -0.1) is 0 Å². The van der Waals surface area contributed by atoms with Crippen molar-refractivity contribution in [3.63, 3.8) is 0 Å². The lowest BCUT2D eigenvalue weighted by Crippen LogP contribution is -2.39. The normalized spacial score (nSPS) is 15.2. The fraction of sp³-hybridized carbons (Fsp3) is 0.207. The van der Waals surface area contributed by atoms with Crippen LogP contribution in [0.5, 0.6) is 5.75 Å². The third kappa shape index (κ3) is 5.20. The number of benzene rings is 2. The van der Waals surface area contributed by atoms with Crippen LogP contribution < -0.4 is 19.6 Å². The lowest BCUT2D eigenvalue weighted by Gasteiger charge is -2.25. The molecule has 0 saturated heterocycles. The van der Waals surface area contributed by atoms with Crippen LogP contribution in [-0.2, 0) is 9.53 Å². The average molecular weight is 672 g/mol. The second-order valence-electron chi connectivity index (χ2n) is 8.88. The van der Waals surface area contributed by atoms with E-state index in [1.165, 1.54) is 11.3 Å². The molecule has 2 aromatic carbocycles. The predicted molar refractivity (Wildman–Crippen MR) is 158 cm³/mol. The van der Waals surface area contributed by atoms with Crippen LogP contribution in [0, 0.1) is 6.92 Å². The summed E-state index contributed by atoms with van der Waals surface area (Å²) < 4.78 is 20.4. The van der Waals surface area contributed by atoms with Gasteiger partial charge in [0.1, 0.15) is 17.3 Å². The molecule has 10 heteroatoms. The minimum atomic E-state index is -0.722. The number of halogens is 2. The van der Waals surface area contributed by atoms with Gasteiger partial charge in [0.25, 0.3) is 5.56 Å². The molecule has 0 amide bonds. The number of carbonyl (C=O) groups is 1. The number of hydrogen-bond donors (Lipinski definition) is 0. The third-order valence-corrected chi connectivity index (χ3v) is 8.56. The standard InChI is InChI=1S/C29H24Br2N2O5S/c1-5-37-28(35)25-16(3)32-29-33(26(25)17-7-10-23(36-4)21(31)13-17)27(34)24(39-29)14-18-8-11-22(38-18)19-9-6-15(2)12-20(19)30/h6-14,26H,5H2,1-4H3/b24-14+/t26-/m0/s1. The van der Waals surface area contributed by atoms with Gasteiger partial charge in [0.05, 0.1) is 40.0 Å². The number of allylic oxidation sites excluding steroid dienone is 1. The molecule has 39 heavy (non-hydrogen) atoms. The second kappa shape index (κ2) is 11.1. The number of rotatable bonds is 6. The highest BCUT2D eigenvalue weighted by Crippen LogP contribution is 2.35. The van der Waals surface area contributed by atoms with Crippen molar-refractivity contribution in [1.82, 2.24) is 4.57 Å². The predicted octanol–water partition coefficient (Wildman–Crippen LogP) is 5.90. The van der Waals surface area contributed by atoms with Gasteiger partial charge in [-0.3, -0.25) is 9.36 Å². The molecule has 1 aliphatic rings. The summed E-state index contributed by atoms with van der Waals surface area (Å²) in [7, 11) is 1.58. The molecule has 3 heterocycles. The van der Waals surface area contributed by atoms with E-state index in [0.717, 1.165) is 21.2 Å². The van der Waals surface area contributed by atoms with E-state index in [4.69, 9.17) is 13.9 Å². The van der Waals surface area contributed by atoms with Crippen molar-refractivity contribution >= 4 is 55.2 Å². The molecule has 0 N–H and O–H groups in total. The van der Waals surface area contributed by atoms with Gasteiger partial charge >= 0.3 is 5.97 Å². The molecule has 0 bridgehead atoms. The van der Waals surface area contributed by atoms with Crippen molar-refractivity contribution in [2.24, 2.45) is 4.99 Å². The molecule has 0 unspecified atom stereocenters. The van der Waals surface area contributed by atoms with Crippen LogP contribution in [0.1, 0.15) is 36.8 Å². The van der Waals surface area contributed by atoms with Gasteiger partial charge in [0.2, 0.25) is 0 Å². The molecule has 7 nitrogen and oxygen atoms in total. The van der Waals surface area contributed by atoms with Crippen LogP contribution in [0.25, 0.3) is 17.4 Å². The molecule has 200 valence electrons. The number of fused-ring (bicyclic) bond motifs is 1. The van der Waals surface area contributed by atoms with E-state index in [1.54, 1.807) is 37.7 Å². The molecule has 4 aromatic rings. The first-order valence-electron chi connectivity index (χ1n) is 12.1. The zero-order valence-corrected chi connectivity index (χ0v) is 25.6. The SMILES string of the molecule is CCOC(=O)C1=C(C)N=c2s/c(=C/c3ccc(-c4ccc(C)cc4Br)o3)c(=O)n2[C@H]1c1ccc(OC)c(Br)c1. The first kappa shape index (κ1) is 27.4. The highest BCUT2D eigenvalue weighted by Gasteiger charge is 2.33. The lowest BCUT2D eigenvalue weighted by molar-refractivity contribution is -0.139. The molecule has 2 aromatic heterocycles. The number of aryl methyl sites for hydroxylation is 1. The number of furan rings is 1. The summed E-state index contributed by atoms with van der Waals surface area (Å²) in [6, 6.07) is 14.5. The van der Waals surface area contributed by atoms with Crippen molar-refractivity contribution in [3.8, 4) is 17.1 Å². The summed E-state index contributed by atoms with van der Waals surface area (Å²) in [6.07, 6.45) is 1.71. The van der Waals surface area contributed by atoms with Gasteiger partial charge in [0, 0.05) is 16.1 Å². The molecule has 0 saturated carbocycles. The van der Waals surface area contributed by atoms with E-state index >= 15 is 0 Å². The van der Waals surface area contributed by atoms with Gasteiger partial charge in [-0.1, -0.05) is 39.4 Å². The van der Waals surface area contributed by atoms with Crippen molar-refractivity contribution in [2.75, 3.05) is 13.7 Å². The molecule has 0 radical (unpaired) electrons. The Balaban J connectivity index is 1.65. The zero-order chi connectivity index (χ0) is 27.8. The quantitative estimate of drug-likeness (QED) is 0.239. The second-order valence-corrected chi connectivity index (χ2v) is 11.6. The number of nitrogens with zero attached hydrogens (tertiary/aromatic N) is 2. The van der Waals surface area contributed by atoms with Crippen LogP contribution in [0.2, 0.25) is 0 Å².